The average Bonchev–Trinajstić information content (AvgIpc) is 3.43. The molecule has 40 heavy (non-hydrogen) atoms. The lowest BCUT2D eigenvalue weighted by atomic mass is 9.96. The number of para-hydroxylation sites is 1. The quantitative estimate of drug-likeness (QED) is 0.272. The molecule has 1 aliphatic heterocycles. The van der Waals surface area contributed by atoms with Crippen LogP contribution in [0.1, 0.15) is 41.1 Å². The highest BCUT2D eigenvalue weighted by molar-refractivity contribution is 7.80. The first-order chi connectivity index (χ1) is 19.2. The molecule has 0 unspecified atom stereocenters. The summed E-state index contributed by atoms with van der Waals surface area (Å²) < 4.78 is 16.3. The van der Waals surface area contributed by atoms with E-state index < -0.39 is 5.82 Å². The number of carbonyl (C=O) groups excluding carboxylic acids is 1. The minimum absolute atomic E-state index is 0.145. The largest absolute Gasteiger partial charge is 0.378 e. The topological polar surface area (TPSA) is 65.4 Å². The summed E-state index contributed by atoms with van der Waals surface area (Å²) >= 11 is 5.80. The Balaban J connectivity index is 1.47. The van der Waals surface area contributed by atoms with Crippen LogP contribution in [-0.2, 0) is 4.79 Å². The molecule has 1 fully saturated rings. The predicted octanol–water partition coefficient (Wildman–Crippen LogP) is 5.70. The van der Waals surface area contributed by atoms with Gasteiger partial charge in [0.05, 0.1) is 23.5 Å². The van der Waals surface area contributed by atoms with E-state index >= 15 is 0 Å². The van der Waals surface area contributed by atoms with Crippen LogP contribution in [0.25, 0.3) is 5.69 Å². The molecule has 0 saturated carbocycles. The first-order valence-corrected chi connectivity index (χ1v) is 13.6. The number of thiocarbonyl (C=S) groups is 1. The highest BCUT2D eigenvalue weighted by atomic mass is 32.1. The third kappa shape index (κ3) is 5.42. The number of anilines is 2. The van der Waals surface area contributed by atoms with Gasteiger partial charge in [0.25, 0.3) is 0 Å². The maximum atomic E-state index is 14.1. The SMILES string of the molecule is Cc1cc([C@@H]2[C@@H](c3ccccn3)NC(=S)N2CCC(=O)Nc2ccccc2F)c(C)n1-c1ccc(N(C)C)cc1. The molecule has 3 heterocycles. The van der Waals surface area contributed by atoms with Crippen LogP contribution in [0.4, 0.5) is 15.8 Å². The van der Waals surface area contributed by atoms with Crippen LogP contribution >= 0.6 is 12.2 Å². The van der Waals surface area contributed by atoms with E-state index in [-0.39, 0.29) is 30.1 Å². The molecule has 2 aromatic carbocycles. The highest BCUT2D eigenvalue weighted by Crippen LogP contribution is 2.41. The molecule has 0 spiro atoms. The Kier molecular flexibility index (Phi) is 7.84. The summed E-state index contributed by atoms with van der Waals surface area (Å²) in [5.41, 5.74) is 6.53. The highest BCUT2D eigenvalue weighted by Gasteiger charge is 2.41. The third-order valence-corrected chi connectivity index (χ3v) is 7.69. The van der Waals surface area contributed by atoms with E-state index in [9.17, 15) is 9.18 Å². The molecule has 206 valence electrons. The van der Waals surface area contributed by atoms with E-state index in [1.807, 2.05) is 32.3 Å². The summed E-state index contributed by atoms with van der Waals surface area (Å²) in [6, 6.07) is 22.3. The lowest BCUT2D eigenvalue weighted by Gasteiger charge is -2.28. The Hall–Kier alpha value is -4.24. The first-order valence-electron chi connectivity index (χ1n) is 13.2. The number of aryl methyl sites for hydroxylation is 1. The van der Waals surface area contributed by atoms with Gasteiger partial charge in [0.15, 0.2) is 5.11 Å². The number of halogens is 1. The minimum atomic E-state index is -0.464. The molecule has 0 aliphatic carbocycles. The zero-order valence-electron chi connectivity index (χ0n) is 23.1. The van der Waals surface area contributed by atoms with E-state index in [0.717, 1.165) is 34.0 Å². The van der Waals surface area contributed by atoms with Gasteiger partial charge in [-0.1, -0.05) is 18.2 Å². The number of amides is 1. The number of hydrogen-bond donors (Lipinski definition) is 2. The summed E-state index contributed by atoms with van der Waals surface area (Å²) in [5.74, 6) is -0.743. The van der Waals surface area contributed by atoms with Crippen molar-refractivity contribution in [3.8, 4) is 5.69 Å². The normalized spacial score (nSPS) is 16.6. The van der Waals surface area contributed by atoms with Crippen molar-refractivity contribution in [3.63, 3.8) is 0 Å². The maximum absolute atomic E-state index is 14.1. The summed E-state index contributed by atoms with van der Waals surface area (Å²) in [4.78, 5) is 21.6. The van der Waals surface area contributed by atoms with Crippen LogP contribution in [0.15, 0.2) is 79.0 Å². The van der Waals surface area contributed by atoms with Crippen molar-refractivity contribution in [1.82, 2.24) is 19.8 Å². The van der Waals surface area contributed by atoms with Gasteiger partial charge < -0.3 is 25.0 Å². The zero-order valence-corrected chi connectivity index (χ0v) is 23.9. The lowest BCUT2D eigenvalue weighted by molar-refractivity contribution is -0.116. The van der Waals surface area contributed by atoms with Crippen molar-refractivity contribution in [2.75, 3.05) is 30.9 Å². The first kappa shape index (κ1) is 27.3. The van der Waals surface area contributed by atoms with Crippen LogP contribution in [0, 0.1) is 19.7 Å². The van der Waals surface area contributed by atoms with Crippen molar-refractivity contribution in [3.05, 3.63) is 107 Å². The number of benzene rings is 2. The van der Waals surface area contributed by atoms with E-state index in [1.54, 1.807) is 24.4 Å². The molecule has 2 N–H and O–H groups in total. The van der Waals surface area contributed by atoms with Gasteiger partial charge in [-0.2, -0.15) is 0 Å². The monoisotopic (exact) mass is 556 g/mol. The van der Waals surface area contributed by atoms with Gasteiger partial charge in [-0.25, -0.2) is 4.39 Å². The molecule has 2 atom stereocenters. The van der Waals surface area contributed by atoms with E-state index in [0.29, 0.717) is 11.7 Å². The molecule has 1 saturated heterocycles. The molecule has 0 bridgehead atoms. The van der Waals surface area contributed by atoms with Crippen molar-refractivity contribution >= 4 is 34.6 Å². The van der Waals surface area contributed by atoms with Gasteiger partial charge in [-0.3, -0.25) is 9.78 Å². The van der Waals surface area contributed by atoms with E-state index in [1.165, 1.54) is 6.07 Å². The predicted molar refractivity (Wildman–Crippen MR) is 161 cm³/mol. The van der Waals surface area contributed by atoms with Crippen LogP contribution in [0.5, 0.6) is 0 Å². The Morgan fingerprint density at radius 3 is 2.48 bits per heavy atom. The molecule has 7 nitrogen and oxygen atoms in total. The van der Waals surface area contributed by atoms with Crippen LogP contribution < -0.4 is 15.5 Å². The number of nitrogens with zero attached hydrogens (tertiary/aromatic N) is 4. The lowest BCUT2D eigenvalue weighted by Crippen LogP contribution is -2.33. The van der Waals surface area contributed by atoms with E-state index in [4.69, 9.17) is 12.2 Å². The van der Waals surface area contributed by atoms with Crippen molar-refractivity contribution < 1.29 is 9.18 Å². The van der Waals surface area contributed by atoms with Gasteiger partial charge in [0.2, 0.25) is 5.91 Å². The summed E-state index contributed by atoms with van der Waals surface area (Å²) in [5, 5.41) is 6.69. The number of nitrogens with one attached hydrogen (secondary N) is 2. The smallest absolute Gasteiger partial charge is 0.226 e. The van der Waals surface area contributed by atoms with Crippen molar-refractivity contribution in [2.24, 2.45) is 0 Å². The fourth-order valence-corrected chi connectivity index (χ4v) is 5.70. The van der Waals surface area contributed by atoms with Gasteiger partial charge in [0, 0.05) is 56.0 Å². The second kappa shape index (κ2) is 11.5. The molecular formula is C31H33FN6OS. The van der Waals surface area contributed by atoms with Crippen LogP contribution in [0.3, 0.4) is 0 Å². The Bertz CT molecular complexity index is 1520. The van der Waals surface area contributed by atoms with Crippen molar-refractivity contribution in [2.45, 2.75) is 32.4 Å². The van der Waals surface area contributed by atoms with Gasteiger partial charge in [-0.15, -0.1) is 0 Å². The second-order valence-corrected chi connectivity index (χ2v) is 10.6. The van der Waals surface area contributed by atoms with Crippen molar-refractivity contribution in [1.29, 1.82) is 0 Å². The third-order valence-electron chi connectivity index (χ3n) is 7.34. The Morgan fingerprint density at radius 1 is 1.07 bits per heavy atom. The number of aromatic nitrogens is 2. The van der Waals surface area contributed by atoms with Gasteiger partial charge in [-0.05, 0) is 86.2 Å². The Labute approximate surface area is 239 Å². The fourth-order valence-electron chi connectivity index (χ4n) is 5.37. The summed E-state index contributed by atoms with van der Waals surface area (Å²) in [7, 11) is 4.05. The number of hydrogen-bond acceptors (Lipinski definition) is 4. The Morgan fingerprint density at radius 2 is 1.80 bits per heavy atom. The van der Waals surface area contributed by atoms with Gasteiger partial charge >= 0.3 is 0 Å². The van der Waals surface area contributed by atoms with Gasteiger partial charge in [0.1, 0.15) is 5.82 Å². The number of pyridine rings is 1. The molecule has 0 radical (unpaired) electrons. The van der Waals surface area contributed by atoms with E-state index in [2.05, 4.69) is 74.2 Å². The zero-order chi connectivity index (χ0) is 28.4. The molecule has 1 aliphatic rings. The molecule has 2 aromatic heterocycles. The standard InChI is InChI=1S/C31H33FN6OS/c1-20-19-24(21(2)38(20)23-14-12-22(13-15-23)36(3)4)30-29(27-11-7-8-17-33-27)35-31(40)37(30)18-16-28(39)34-26-10-6-5-9-25(26)32/h5-15,17,19,29-30H,16,18H2,1-4H3,(H,34,39)(H,35,40)/t29-,30-/m1/s1. The molecule has 1 amide bonds. The maximum Gasteiger partial charge on any atom is 0.226 e. The average molecular weight is 557 g/mol. The number of carbonyl (C=O) groups is 1. The van der Waals surface area contributed by atoms with Crippen LogP contribution in [0.2, 0.25) is 0 Å². The summed E-state index contributed by atoms with van der Waals surface area (Å²) in [6.07, 6.45) is 1.92. The molecule has 5 rings (SSSR count). The van der Waals surface area contributed by atoms with Crippen LogP contribution in [-0.4, -0.2) is 46.1 Å². The summed E-state index contributed by atoms with van der Waals surface area (Å²) in [6.45, 7) is 4.57. The fraction of sp³-hybridized carbons (Fsp3) is 0.258. The minimum Gasteiger partial charge on any atom is -0.378 e. The molecule has 9 heteroatoms. The number of rotatable bonds is 8. The molecule has 4 aromatic rings. The molecular weight excluding hydrogens is 523 g/mol. The second-order valence-electron chi connectivity index (χ2n) is 10.2.